The second-order valence-electron chi connectivity index (χ2n) is 4.05. The fourth-order valence-corrected chi connectivity index (χ4v) is 2.13. The molecule has 2 aromatic rings. The maximum Gasteiger partial charge on any atom is 0.131 e. The first-order chi connectivity index (χ1) is 9.02. The van der Waals surface area contributed by atoms with Gasteiger partial charge in [-0.25, -0.2) is 13.2 Å². The summed E-state index contributed by atoms with van der Waals surface area (Å²) in [5.41, 5.74) is 0.366. The Morgan fingerprint density at radius 1 is 0.947 bits per heavy atom. The van der Waals surface area contributed by atoms with Gasteiger partial charge in [0.15, 0.2) is 0 Å². The Morgan fingerprint density at radius 3 is 2.32 bits per heavy atom. The molecule has 0 heterocycles. The molecule has 1 N–H and O–H groups in total. The van der Waals surface area contributed by atoms with Crippen molar-refractivity contribution in [2.24, 2.45) is 0 Å². The van der Waals surface area contributed by atoms with Gasteiger partial charge in [-0.05, 0) is 31.3 Å². The quantitative estimate of drug-likeness (QED) is 0.896. The Balaban J connectivity index is 2.52. The maximum absolute atomic E-state index is 13.8. The molecule has 19 heavy (non-hydrogen) atoms. The lowest BCUT2D eigenvalue weighted by atomic mass is 9.98. The van der Waals surface area contributed by atoms with E-state index in [4.69, 9.17) is 11.6 Å². The van der Waals surface area contributed by atoms with Gasteiger partial charge in [-0.3, -0.25) is 0 Å². The van der Waals surface area contributed by atoms with Crippen LogP contribution in [0, 0.1) is 17.5 Å². The first kappa shape index (κ1) is 13.9. The number of hydrogen-bond acceptors (Lipinski definition) is 1. The Bertz CT molecular complexity index is 601. The first-order valence-corrected chi connectivity index (χ1v) is 5.98. The van der Waals surface area contributed by atoms with Gasteiger partial charge in [-0.2, -0.15) is 0 Å². The number of benzene rings is 2. The monoisotopic (exact) mass is 285 g/mol. The molecule has 0 aliphatic heterocycles. The second-order valence-corrected chi connectivity index (χ2v) is 4.49. The van der Waals surface area contributed by atoms with Crippen LogP contribution in [0.2, 0.25) is 5.02 Å². The topological polar surface area (TPSA) is 12.0 Å². The summed E-state index contributed by atoms with van der Waals surface area (Å²) < 4.78 is 40.5. The Hall–Kier alpha value is -1.52. The van der Waals surface area contributed by atoms with Crippen molar-refractivity contribution in [1.82, 2.24) is 5.32 Å². The Labute approximate surface area is 114 Å². The molecular weight excluding hydrogens is 275 g/mol. The molecule has 0 spiro atoms. The molecule has 0 aliphatic rings. The van der Waals surface area contributed by atoms with Crippen molar-refractivity contribution in [3.05, 3.63) is 70.0 Å². The summed E-state index contributed by atoms with van der Waals surface area (Å²) in [6.45, 7) is 0. The minimum Gasteiger partial charge on any atom is -0.309 e. The highest BCUT2D eigenvalue weighted by molar-refractivity contribution is 6.30. The van der Waals surface area contributed by atoms with Gasteiger partial charge in [0, 0.05) is 22.2 Å². The molecule has 100 valence electrons. The third-order valence-corrected chi connectivity index (χ3v) is 3.07. The van der Waals surface area contributed by atoms with Crippen LogP contribution in [0.25, 0.3) is 0 Å². The summed E-state index contributed by atoms with van der Waals surface area (Å²) in [6, 6.07) is 6.48. The van der Waals surface area contributed by atoms with E-state index in [0.717, 1.165) is 12.1 Å². The summed E-state index contributed by atoms with van der Waals surface area (Å²) in [6.07, 6.45) is 0. The molecule has 0 bridgehead atoms. The van der Waals surface area contributed by atoms with Gasteiger partial charge in [0.25, 0.3) is 0 Å². The van der Waals surface area contributed by atoms with E-state index in [1.165, 1.54) is 24.3 Å². The zero-order valence-corrected chi connectivity index (χ0v) is 10.8. The lowest BCUT2D eigenvalue weighted by Gasteiger charge is -2.19. The molecule has 0 aromatic heterocycles. The fraction of sp³-hybridized carbons (Fsp3) is 0.143. The van der Waals surface area contributed by atoms with Gasteiger partial charge >= 0.3 is 0 Å². The summed E-state index contributed by atoms with van der Waals surface area (Å²) in [5, 5.41) is 3.15. The van der Waals surface area contributed by atoms with Crippen LogP contribution in [0.4, 0.5) is 13.2 Å². The van der Waals surface area contributed by atoms with Crippen molar-refractivity contribution in [3.63, 3.8) is 0 Å². The van der Waals surface area contributed by atoms with Gasteiger partial charge in [0.1, 0.15) is 17.5 Å². The largest absolute Gasteiger partial charge is 0.309 e. The molecule has 1 atom stereocenters. The standard InChI is InChI=1S/C14H11ClF3N/c1-19-14(10-4-3-9(16)7-13(10)18)11-6-8(15)2-5-12(11)17/h2-7,14,19H,1H3. The predicted octanol–water partition coefficient (Wildman–Crippen LogP) is 4.07. The van der Waals surface area contributed by atoms with Crippen molar-refractivity contribution in [2.75, 3.05) is 7.05 Å². The van der Waals surface area contributed by atoms with Gasteiger partial charge in [0.05, 0.1) is 6.04 Å². The number of nitrogens with one attached hydrogen (secondary N) is 1. The molecule has 1 unspecified atom stereocenters. The lowest BCUT2D eigenvalue weighted by Crippen LogP contribution is -2.20. The van der Waals surface area contributed by atoms with E-state index in [0.29, 0.717) is 5.02 Å². The second kappa shape index (κ2) is 5.63. The smallest absolute Gasteiger partial charge is 0.131 e. The van der Waals surface area contributed by atoms with Crippen LogP contribution in [0.1, 0.15) is 17.2 Å². The molecule has 5 heteroatoms. The normalized spacial score (nSPS) is 12.5. The van der Waals surface area contributed by atoms with Crippen LogP contribution < -0.4 is 5.32 Å². The summed E-state index contributed by atoms with van der Waals surface area (Å²) in [7, 11) is 1.56. The van der Waals surface area contributed by atoms with Crippen LogP contribution in [0.15, 0.2) is 36.4 Å². The SMILES string of the molecule is CNC(c1ccc(F)cc1F)c1cc(Cl)ccc1F. The van der Waals surface area contributed by atoms with E-state index in [-0.39, 0.29) is 11.1 Å². The summed E-state index contributed by atoms with van der Waals surface area (Å²) in [4.78, 5) is 0. The fourth-order valence-electron chi connectivity index (χ4n) is 1.95. The van der Waals surface area contributed by atoms with Crippen molar-refractivity contribution in [1.29, 1.82) is 0 Å². The van der Waals surface area contributed by atoms with E-state index in [2.05, 4.69) is 5.32 Å². The Kier molecular flexibility index (Phi) is 4.12. The van der Waals surface area contributed by atoms with Crippen molar-refractivity contribution >= 4 is 11.6 Å². The number of hydrogen-bond donors (Lipinski definition) is 1. The molecule has 0 radical (unpaired) electrons. The van der Waals surface area contributed by atoms with Crippen molar-refractivity contribution in [2.45, 2.75) is 6.04 Å². The number of rotatable bonds is 3. The summed E-state index contributed by atoms with van der Waals surface area (Å²) >= 11 is 5.82. The van der Waals surface area contributed by atoms with Crippen molar-refractivity contribution < 1.29 is 13.2 Å². The van der Waals surface area contributed by atoms with E-state index in [1.54, 1.807) is 7.05 Å². The van der Waals surface area contributed by atoms with E-state index in [1.807, 2.05) is 0 Å². The highest BCUT2D eigenvalue weighted by Crippen LogP contribution is 2.28. The van der Waals surface area contributed by atoms with E-state index >= 15 is 0 Å². The first-order valence-electron chi connectivity index (χ1n) is 5.60. The molecule has 0 fully saturated rings. The summed E-state index contributed by atoms with van der Waals surface area (Å²) in [5.74, 6) is -1.92. The van der Waals surface area contributed by atoms with Gasteiger partial charge in [-0.15, -0.1) is 0 Å². The highest BCUT2D eigenvalue weighted by Gasteiger charge is 2.20. The zero-order chi connectivity index (χ0) is 14.0. The van der Waals surface area contributed by atoms with Crippen molar-refractivity contribution in [3.8, 4) is 0 Å². The van der Waals surface area contributed by atoms with Gasteiger partial charge in [0.2, 0.25) is 0 Å². The molecule has 0 amide bonds. The molecule has 0 saturated carbocycles. The van der Waals surface area contributed by atoms with Crippen LogP contribution in [-0.2, 0) is 0 Å². The van der Waals surface area contributed by atoms with Gasteiger partial charge in [-0.1, -0.05) is 17.7 Å². The lowest BCUT2D eigenvalue weighted by molar-refractivity contribution is 0.535. The van der Waals surface area contributed by atoms with E-state index < -0.39 is 23.5 Å². The molecule has 2 aromatic carbocycles. The molecule has 0 saturated heterocycles. The average Bonchev–Trinajstić information content (AvgIpc) is 2.36. The Morgan fingerprint density at radius 2 is 1.68 bits per heavy atom. The molecule has 0 aliphatic carbocycles. The molecular formula is C14H11ClF3N. The third kappa shape index (κ3) is 2.91. The van der Waals surface area contributed by atoms with Crippen LogP contribution in [0.3, 0.4) is 0 Å². The van der Waals surface area contributed by atoms with Crippen LogP contribution >= 0.6 is 11.6 Å². The third-order valence-electron chi connectivity index (χ3n) is 2.83. The average molecular weight is 286 g/mol. The van der Waals surface area contributed by atoms with E-state index in [9.17, 15) is 13.2 Å². The highest BCUT2D eigenvalue weighted by atomic mass is 35.5. The molecule has 1 nitrogen and oxygen atoms in total. The minimum atomic E-state index is -0.737. The van der Waals surface area contributed by atoms with Gasteiger partial charge < -0.3 is 5.32 Å². The number of halogens is 4. The zero-order valence-electron chi connectivity index (χ0n) is 10.1. The van der Waals surface area contributed by atoms with Crippen LogP contribution in [0.5, 0.6) is 0 Å². The van der Waals surface area contributed by atoms with Crippen LogP contribution in [-0.4, -0.2) is 7.05 Å². The minimum absolute atomic E-state index is 0.157. The predicted molar refractivity (Wildman–Crippen MR) is 68.7 cm³/mol. The maximum atomic E-state index is 13.8. The molecule has 2 rings (SSSR count).